The minimum absolute atomic E-state index is 0.0216. The van der Waals surface area contributed by atoms with Crippen molar-refractivity contribution >= 4 is 6.09 Å². The Morgan fingerprint density at radius 3 is 2.76 bits per heavy atom. The molecule has 2 rings (SSSR count). The molecule has 3 N–H and O–H groups in total. The van der Waals surface area contributed by atoms with E-state index in [0.717, 1.165) is 0 Å². The molecule has 1 aliphatic rings. The molecule has 1 amide bonds. The lowest BCUT2D eigenvalue weighted by molar-refractivity contribution is -0.0272. The number of hydrogen-bond acceptors (Lipinski definition) is 2. The highest BCUT2D eigenvalue weighted by Gasteiger charge is 2.36. The Balaban J connectivity index is 1.93. The van der Waals surface area contributed by atoms with E-state index in [1.165, 1.54) is 17.0 Å². The van der Waals surface area contributed by atoms with E-state index in [1.807, 2.05) is 0 Å². The lowest BCUT2D eigenvalue weighted by Crippen LogP contribution is -2.49. The van der Waals surface area contributed by atoms with E-state index < -0.39 is 12.0 Å². The number of nitrogens with two attached hydrogens (primary N) is 1. The monoisotopic (exact) mass is 298 g/mol. The summed E-state index contributed by atoms with van der Waals surface area (Å²) in [5.74, 6) is -2.88. The molecule has 0 unspecified atom stereocenters. The summed E-state index contributed by atoms with van der Waals surface area (Å²) in [6.45, 7) is 2.46. The fraction of sp³-hybridized carbons (Fsp3) is 0.533. The number of carbonyl (C=O) groups is 1. The van der Waals surface area contributed by atoms with Crippen LogP contribution in [0.5, 0.6) is 0 Å². The highest BCUT2D eigenvalue weighted by molar-refractivity contribution is 5.65. The van der Waals surface area contributed by atoms with E-state index in [9.17, 15) is 13.6 Å². The molecule has 1 heterocycles. The van der Waals surface area contributed by atoms with Crippen molar-refractivity contribution in [1.29, 1.82) is 0 Å². The summed E-state index contributed by atoms with van der Waals surface area (Å²) in [4.78, 5) is 11.9. The number of likely N-dealkylation sites (tertiary alicyclic amines) is 1. The molecule has 0 spiro atoms. The number of benzene rings is 1. The van der Waals surface area contributed by atoms with Crippen molar-refractivity contribution in [3.63, 3.8) is 0 Å². The number of halogens is 2. The summed E-state index contributed by atoms with van der Waals surface area (Å²) in [5.41, 5.74) is 6.38. The van der Waals surface area contributed by atoms with Gasteiger partial charge in [0.05, 0.1) is 0 Å². The Bertz CT molecular complexity index is 514. The quantitative estimate of drug-likeness (QED) is 0.877. The summed E-state index contributed by atoms with van der Waals surface area (Å²) in [7, 11) is 0. The molecule has 1 aliphatic heterocycles. The Morgan fingerprint density at radius 1 is 1.52 bits per heavy atom. The van der Waals surface area contributed by atoms with Crippen LogP contribution in [0.2, 0.25) is 0 Å². The van der Waals surface area contributed by atoms with E-state index in [0.29, 0.717) is 25.1 Å². The molecule has 1 saturated heterocycles. The molecule has 1 aromatic carbocycles. The third kappa shape index (κ3) is 3.69. The van der Waals surface area contributed by atoms with Gasteiger partial charge in [-0.3, -0.25) is 0 Å². The Morgan fingerprint density at radius 2 is 2.19 bits per heavy atom. The molecule has 4 nitrogen and oxygen atoms in total. The van der Waals surface area contributed by atoms with E-state index in [1.54, 1.807) is 19.1 Å². The molecule has 0 aromatic heterocycles. The SMILES string of the molecule is C[C@@H](N)c1cccc(C(F)(F)CCC2CN(C(=O)O)C2)c1. The smallest absolute Gasteiger partial charge is 0.407 e. The van der Waals surface area contributed by atoms with Crippen LogP contribution < -0.4 is 5.73 Å². The fourth-order valence-electron chi connectivity index (χ4n) is 2.49. The van der Waals surface area contributed by atoms with Gasteiger partial charge in [-0.25, -0.2) is 13.6 Å². The summed E-state index contributed by atoms with van der Waals surface area (Å²) in [6.07, 6.45) is -0.935. The highest BCUT2D eigenvalue weighted by atomic mass is 19.3. The van der Waals surface area contributed by atoms with Crippen LogP contribution in [0.15, 0.2) is 24.3 Å². The maximum Gasteiger partial charge on any atom is 0.407 e. The molecular weight excluding hydrogens is 278 g/mol. The minimum atomic E-state index is -2.91. The molecule has 0 saturated carbocycles. The van der Waals surface area contributed by atoms with E-state index >= 15 is 0 Å². The molecule has 0 aliphatic carbocycles. The second-order valence-electron chi connectivity index (χ2n) is 5.71. The normalized spacial score (nSPS) is 17.4. The zero-order valence-corrected chi connectivity index (χ0v) is 11.9. The largest absolute Gasteiger partial charge is 0.465 e. The molecule has 116 valence electrons. The van der Waals surface area contributed by atoms with Gasteiger partial charge in [0.1, 0.15) is 0 Å². The van der Waals surface area contributed by atoms with Crippen molar-refractivity contribution in [3.8, 4) is 0 Å². The first kappa shape index (κ1) is 15.7. The van der Waals surface area contributed by atoms with Crippen molar-refractivity contribution < 1.29 is 18.7 Å². The van der Waals surface area contributed by atoms with Crippen LogP contribution in [-0.2, 0) is 5.92 Å². The lowest BCUT2D eigenvalue weighted by atomic mass is 9.91. The van der Waals surface area contributed by atoms with Crippen LogP contribution in [0.1, 0.15) is 36.9 Å². The maximum absolute atomic E-state index is 14.2. The molecule has 0 radical (unpaired) electrons. The van der Waals surface area contributed by atoms with Gasteiger partial charge in [-0.1, -0.05) is 18.2 Å². The number of hydrogen-bond donors (Lipinski definition) is 2. The van der Waals surface area contributed by atoms with E-state index in [2.05, 4.69) is 0 Å². The first-order chi connectivity index (χ1) is 9.79. The van der Waals surface area contributed by atoms with Crippen LogP contribution in [0.25, 0.3) is 0 Å². The topological polar surface area (TPSA) is 66.6 Å². The Hall–Kier alpha value is -1.69. The van der Waals surface area contributed by atoms with Crippen molar-refractivity contribution in [2.75, 3.05) is 13.1 Å². The molecule has 1 fully saturated rings. The predicted octanol–water partition coefficient (Wildman–Crippen LogP) is 3.19. The second-order valence-corrected chi connectivity index (χ2v) is 5.71. The highest BCUT2D eigenvalue weighted by Crippen LogP contribution is 2.36. The van der Waals surface area contributed by atoms with Gasteiger partial charge < -0.3 is 15.7 Å². The van der Waals surface area contributed by atoms with Gasteiger partial charge in [-0.15, -0.1) is 0 Å². The minimum Gasteiger partial charge on any atom is -0.465 e. The maximum atomic E-state index is 14.2. The predicted molar refractivity (Wildman–Crippen MR) is 75.3 cm³/mol. The van der Waals surface area contributed by atoms with Gasteiger partial charge in [0.25, 0.3) is 5.92 Å². The van der Waals surface area contributed by atoms with Crippen molar-refractivity contribution in [2.24, 2.45) is 11.7 Å². The van der Waals surface area contributed by atoms with Crippen LogP contribution in [0.4, 0.5) is 13.6 Å². The summed E-state index contributed by atoms with van der Waals surface area (Å²) in [5, 5.41) is 8.71. The standard InChI is InChI=1S/C15H20F2N2O2/c1-10(18)12-3-2-4-13(7-12)15(16,17)6-5-11-8-19(9-11)14(20)21/h2-4,7,10-11H,5-6,8-9,18H2,1H3,(H,20,21)/t10-/m1/s1. The van der Waals surface area contributed by atoms with E-state index in [4.69, 9.17) is 10.8 Å². The average Bonchev–Trinajstić information content (AvgIpc) is 2.36. The average molecular weight is 298 g/mol. The summed E-state index contributed by atoms with van der Waals surface area (Å²) >= 11 is 0. The van der Waals surface area contributed by atoms with Gasteiger partial charge in [-0.2, -0.15) is 0 Å². The summed E-state index contributed by atoms with van der Waals surface area (Å²) in [6, 6.07) is 5.92. The van der Waals surface area contributed by atoms with Gasteiger partial charge in [0.2, 0.25) is 0 Å². The van der Waals surface area contributed by atoms with Crippen LogP contribution >= 0.6 is 0 Å². The van der Waals surface area contributed by atoms with Crippen LogP contribution in [-0.4, -0.2) is 29.2 Å². The zero-order valence-electron chi connectivity index (χ0n) is 11.9. The van der Waals surface area contributed by atoms with Gasteiger partial charge in [-0.05, 0) is 30.9 Å². The van der Waals surface area contributed by atoms with E-state index in [-0.39, 0.29) is 23.9 Å². The molecule has 21 heavy (non-hydrogen) atoms. The molecule has 0 bridgehead atoms. The first-order valence-electron chi connectivity index (χ1n) is 7.01. The van der Waals surface area contributed by atoms with Crippen LogP contribution in [0.3, 0.4) is 0 Å². The van der Waals surface area contributed by atoms with Crippen molar-refractivity contribution in [3.05, 3.63) is 35.4 Å². The fourth-order valence-corrected chi connectivity index (χ4v) is 2.49. The Kier molecular flexibility index (Phi) is 4.46. The second kappa shape index (κ2) is 5.97. The van der Waals surface area contributed by atoms with Gasteiger partial charge in [0.15, 0.2) is 0 Å². The molecule has 1 aromatic rings. The number of amides is 1. The molecule has 6 heteroatoms. The summed E-state index contributed by atoms with van der Waals surface area (Å²) < 4.78 is 28.4. The van der Waals surface area contributed by atoms with Crippen LogP contribution in [0, 0.1) is 5.92 Å². The van der Waals surface area contributed by atoms with Gasteiger partial charge in [0, 0.05) is 31.1 Å². The lowest BCUT2D eigenvalue weighted by Gasteiger charge is -2.37. The van der Waals surface area contributed by atoms with Crippen molar-refractivity contribution in [1.82, 2.24) is 4.90 Å². The molecular formula is C15H20F2N2O2. The third-order valence-corrected chi connectivity index (χ3v) is 3.93. The number of rotatable bonds is 5. The number of alkyl halides is 2. The third-order valence-electron chi connectivity index (χ3n) is 3.93. The van der Waals surface area contributed by atoms with Crippen molar-refractivity contribution in [2.45, 2.75) is 31.7 Å². The molecule has 1 atom stereocenters. The first-order valence-corrected chi connectivity index (χ1v) is 7.01. The number of carboxylic acid groups (broad SMARTS) is 1. The van der Waals surface area contributed by atoms with Gasteiger partial charge >= 0.3 is 6.09 Å². The number of nitrogens with zero attached hydrogens (tertiary/aromatic N) is 1. The zero-order chi connectivity index (χ0) is 15.6. The Labute approximate surface area is 122 Å².